The molecule has 0 saturated carbocycles. The fraction of sp³-hybridized carbons (Fsp3) is 0.684. The zero-order valence-corrected chi connectivity index (χ0v) is 14.7. The Morgan fingerprint density at radius 1 is 1.42 bits per heavy atom. The summed E-state index contributed by atoms with van der Waals surface area (Å²) >= 11 is 0. The zero-order chi connectivity index (χ0) is 16.9. The highest BCUT2D eigenvalue weighted by molar-refractivity contribution is 5.76. The average molecular weight is 332 g/mol. The van der Waals surface area contributed by atoms with Crippen LogP contribution in [0.15, 0.2) is 24.4 Å². The highest BCUT2D eigenvalue weighted by Crippen LogP contribution is 2.35. The maximum atomic E-state index is 12.2. The van der Waals surface area contributed by atoms with Gasteiger partial charge in [0.25, 0.3) is 0 Å². The lowest BCUT2D eigenvalue weighted by Gasteiger charge is -2.20. The van der Waals surface area contributed by atoms with Crippen LogP contribution in [0.3, 0.4) is 0 Å². The number of ether oxygens (including phenoxy) is 2. The van der Waals surface area contributed by atoms with E-state index in [4.69, 9.17) is 9.47 Å². The first-order chi connectivity index (χ1) is 11.6. The molecule has 3 heterocycles. The number of carbonyl (C=O) groups excluding carboxylic acids is 1. The van der Waals surface area contributed by atoms with Crippen LogP contribution in [0.2, 0.25) is 0 Å². The minimum absolute atomic E-state index is 0.224. The lowest BCUT2D eigenvalue weighted by atomic mass is 9.91. The van der Waals surface area contributed by atoms with Gasteiger partial charge in [0.15, 0.2) is 0 Å². The van der Waals surface area contributed by atoms with Gasteiger partial charge in [-0.05, 0) is 30.4 Å². The van der Waals surface area contributed by atoms with Crippen molar-refractivity contribution < 1.29 is 14.3 Å². The number of aromatic nitrogens is 1. The number of hydrogen-bond acceptors (Lipinski definition) is 4. The molecule has 3 rings (SSSR count). The van der Waals surface area contributed by atoms with E-state index >= 15 is 0 Å². The van der Waals surface area contributed by atoms with Gasteiger partial charge in [-0.15, -0.1) is 0 Å². The topological polar surface area (TPSA) is 51.7 Å². The third-order valence-electron chi connectivity index (χ3n) is 4.98. The van der Waals surface area contributed by atoms with Gasteiger partial charge in [-0.25, -0.2) is 0 Å². The van der Waals surface area contributed by atoms with Gasteiger partial charge in [0.1, 0.15) is 0 Å². The smallest absolute Gasteiger partial charge is 0.222 e. The third-order valence-corrected chi connectivity index (χ3v) is 4.98. The monoisotopic (exact) mass is 332 g/mol. The van der Waals surface area contributed by atoms with Crippen molar-refractivity contribution in [2.75, 3.05) is 26.3 Å². The van der Waals surface area contributed by atoms with Crippen LogP contribution in [0.4, 0.5) is 0 Å². The van der Waals surface area contributed by atoms with Crippen LogP contribution < -0.4 is 0 Å². The van der Waals surface area contributed by atoms with Crippen LogP contribution in [-0.4, -0.2) is 48.2 Å². The number of pyridine rings is 1. The fourth-order valence-electron chi connectivity index (χ4n) is 3.67. The number of carbonyl (C=O) groups is 1. The molecule has 0 aliphatic carbocycles. The number of likely N-dealkylation sites (tertiary alicyclic amines) is 1. The second kappa shape index (κ2) is 8.08. The van der Waals surface area contributed by atoms with Gasteiger partial charge in [0, 0.05) is 38.2 Å². The first-order valence-electron chi connectivity index (χ1n) is 9.00. The molecule has 3 atom stereocenters. The van der Waals surface area contributed by atoms with Crippen molar-refractivity contribution in [3.63, 3.8) is 0 Å². The second-order valence-corrected chi connectivity index (χ2v) is 7.35. The molecule has 0 bridgehead atoms. The van der Waals surface area contributed by atoms with Crippen LogP contribution in [-0.2, 0) is 20.9 Å². The molecule has 2 aliphatic rings. The predicted octanol–water partition coefficient (Wildman–Crippen LogP) is 2.51. The molecule has 0 unspecified atom stereocenters. The van der Waals surface area contributed by atoms with E-state index in [1.54, 1.807) is 6.20 Å². The van der Waals surface area contributed by atoms with E-state index in [0.717, 1.165) is 31.8 Å². The van der Waals surface area contributed by atoms with E-state index < -0.39 is 0 Å². The van der Waals surface area contributed by atoms with Crippen LogP contribution >= 0.6 is 0 Å². The van der Waals surface area contributed by atoms with Gasteiger partial charge >= 0.3 is 0 Å². The SMILES string of the molecule is CC(C)CC(=O)N1C[C@H]2[C@@H](CCOCc3ccccn3)CO[C@H]2C1. The Bertz CT molecular complexity index is 535. The van der Waals surface area contributed by atoms with Gasteiger partial charge in [-0.2, -0.15) is 0 Å². The summed E-state index contributed by atoms with van der Waals surface area (Å²) in [5.74, 6) is 1.65. The third kappa shape index (κ3) is 4.33. The van der Waals surface area contributed by atoms with E-state index in [1.807, 2.05) is 23.1 Å². The highest BCUT2D eigenvalue weighted by Gasteiger charge is 2.44. The molecule has 2 fully saturated rings. The molecule has 0 N–H and O–H groups in total. The Labute approximate surface area is 144 Å². The summed E-state index contributed by atoms with van der Waals surface area (Å²) in [4.78, 5) is 18.5. The van der Waals surface area contributed by atoms with Gasteiger partial charge < -0.3 is 14.4 Å². The molecule has 0 spiro atoms. The minimum atomic E-state index is 0.224. The van der Waals surface area contributed by atoms with Crippen molar-refractivity contribution in [2.45, 2.75) is 39.4 Å². The largest absolute Gasteiger partial charge is 0.376 e. The molecule has 1 aromatic heterocycles. The van der Waals surface area contributed by atoms with Gasteiger partial charge in [0.2, 0.25) is 5.91 Å². The van der Waals surface area contributed by atoms with Crippen molar-refractivity contribution in [1.29, 1.82) is 0 Å². The molecule has 0 aromatic carbocycles. The first kappa shape index (κ1) is 17.4. The van der Waals surface area contributed by atoms with E-state index in [2.05, 4.69) is 18.8 Å². The summed E-state index contributed by atoms with van der Waals surface area (Å²) in [6.07, 6.45) is 3.63. The number of hydrogen-bond donors (Lipinski definition) is 0. The Morgan fingerprint density at radius 3 is 3.04 bits per heavy atom. The summed E-state index contributed by atoms with van der Waals surface area (Å²) in [7, 11) is 0. The molecule has 1 aromatic rings. The average Bonchev–Trinajstić information content (AvgIpc) is 3.13. The maximum Gasteiger partial charge on any atom is 0.222 e. The maximum absolute atomic E-state index is 12.2. The number of amides is 1. The van der Waals surface area contributed by atoms with Crippen LogP contribution in [0.25, 0.3) is 0 Å². The molecule has 1 amide bonds. The lowest BCUT2D eigenvalue weighted by Crippen LogP contribution is -2.32. The van der Waals surface area contributed by atoms with Gasteiger partial charge in [-0.1, -0.05) is 19.9 Å². The molecule has 5 nitrogen and oxygen atoms in total. The molecule has 24 heavy (non-hydrogen) atoms. The van der Waals surface area contributed by atoms with Crippen molar-refractivity contribution in [3.05, 3.63) is 30.1 Å². The number of nitrogens with zero attached hydrogens (tertiary/aromatic N) is 2. The summed E-state index contributed by atoms with van der Waals surface area (Å²) < 4.78 is 11.7. The van der Waals surface area contributed by atoms with E-state index in [0.29, 0.717) is 37.4 Å². The van der Waals surface area contributed by atoms with Gasteiger partial charge in [-0.3, -0.25) is 9.78 Å². The predicted molar refractivity (Wildman–Crippen MR) is 91.3 cm³/mol. The molecule has 5 heteroatoms. The standard InChI is InChI=1S/C19H28N2O3/c1-14(2)9-19(22)21-10-17-15(12-24-18(17)11-21)6-8-23-13-16-5-3-4-7-20-16/h3-5,7,14-15,17-18H,6,8-13H2,1-2H3/t15-,17-,18-/m0/s1. The molecule has 0 radical (unpaired) electrons. The molecule has 132 valence electrons. The number of rotatable bonds is 7. The normalized spacial score (nSPS) is 26.1. The Hall–Kier alpha value is -1.46. The van der Waals surface area contributed by atoms with Crippen LogP contribution in [0.5, 0.6) is 0 Å². The second-order valence-electron chi connectivity index (χ2n) is 7.35. The Balaban J connectivity index is 1.41. The van der Waals surface area contributed by atoms with E-state index in [9.17, 15) is 4.79 Å². The number of fused-ring (bicyclic) bond motifs is 1. The summed E-state index contributed by atoms with van der Waals surface area (Å²) in [6, 6.07) is 5.86. The molecular weight excluding hydrogens is 304 g/mol. The highest BCUT2D eigenvalue weighted by atomic mass is 16.5. The Morgan fingerprint density at radius 2 is 2.29 bits per heavy atom. The summed E-state index contributed by atoms with van der Waals surface area (Å²) in [6.45, 7) is 7.87. The van der Waals surface area contributed by atoms with E-state index in [-0.39, 0.29) is 12.0 Å². The quantitative estimate of drug-likeness (QED) is 0.720. The van der Waals surface area contributed by atoms with Crippen LogP contribution in [0, 0.1) is 17.8 Å². The minimum Gasteiger partial charge on any atom is -0.376 e. The zero-order valence-electron chi connectivity index (χ0n) is 14.7. The van der Waals surface area contributed by atoms with Gasteiger partial charge in [0.05, 0.1) is 25.0 Å². The van der Waals surface area contributed by atoms with Crippen LogP contribution in [0.1, 0.15) is 32.4 Å². The van der Waals surface area contributed by atoms with E-state index in [1.165, 1.54) is 0 Å². The fourth-order valence-corrected chi connectivity index (χ4v) is 3.67. The molecule has 2 saturated heterocycles. The summed E-state index contributed by atoms with van der Waals surface area (Å²) in [5.41, 5.74) is 0.962. The van der Waals surface area contributed by atoms with Crippen molar-refractivity contribution in [2.24, 2.45) is 17.8 Å². The van der Waals surface area contributed by atoms with Crippen molar-refractivity contribution in [3.8, 4) is 0 Å². The molecule has 2 aliphatic heterocycles. The van der Waals surface area contributed by atoms with Crippen molar-refractivity contribution >= 4 is 5.91 Å². The lowest BCUT2D eigenvalue weighted by molar-refractivity contribution is -0.131. The Kier molecular flexibility index (Phi) is 5.85. The molecular formula is C19H28N2O3. The summed E-state index contributed by atoms with van der Waals surface area (Å²) in [5, 5.41) is 0. The van der Waals surface area contributed by atoms with Crippen molar-refractivity contribution in [1.82, 2.24) is 9.88 Å². The first-order valence-corrected chi connectivity index (χ1v) is 9.00.